The van der Waals surface area contributed by atoms with Crippen LogP contribution in [0.25, 0.3) is 22.0 Å². The average Bonchev–Trinajstić information content (AvgIpc) is 3.12. The fourth-order valence-electron chi connectivity index (χ4n) is 3.19. The maximum atomic E-state index is 13.1. The number of nitrogens with zero attached hydrogens (tertiary/aromatic N) is 1. The highest BCUT2D eigenvalue weighted by Crippen LogP contribution is 2.33. The molecule has 0 aliphatic heterocycles. The zero-order chi connectivity index (χ0) is 19.0. The van der Waals surface area contributed by atoms with Crippen LogP contribution in [0.1, 0.15) is 5.56 Å². The number of aryl methyl sites for hydroxylation is 1. The lowest BCUT2D eigenvalue weighted by Gasteiger charge is -2.11. The van der Waals surface area contributed by atoms with Gasteiger partial charge in [-0.05, 0) is 42.8 Å². The van der Waals surface area contributed by atoms with Gasteiger partial charge in [-0.3, -0.25) is 0 Å². The fourth-order valence-corrected chi connectivity index (χ4v) is 4.53. The van der Waals surface area contributed by atoms with Crippen LogP contribution in [0, 0.1) is 6.92 Å². The topological polar surface area (TPSA) is 48.3 Å². The van der Waals surface area contributed by atoms with E-state index in [1.807, 2.05) is 55.5 Å². The minimum atomic E-state index is -3.67. The molecule has 4 rings (SSSR count). The standard InChI is InChI=1S/C22H19NO3S/c1-16-7-11-19(12-8-16)27(24,25)23-14-13-17-9-10-18(15-21(17)23)20-5-3-4-6-22(20)26-2/h3-15H,1-2H3. The lowest BCUT2D eigenvalue weighted by molar-refractivity contribution is 0.416. The zero-order valence-corrected chi connectivity index (χ0v) is 15.9. The lowest BCUT2D eigenvalue weighted by Crippen LogP contribution is -2.11. The largest absolute Gasteiger partial charge is 0.496 e. The van der Waals surface area contributed by atoms with Crippen LogP contribution in [0.3, 0.4) is 0 Å². The summed E-state index contributed by atoms with van der Waals surface area (Å²) in [5.41, 5.74) is 3.48. The molecular formula is C22H19NO3S. The molecule has 27 heavy (non-hydrogen) atoms. The van der Waals surface area contributed by atoms with Gasteiger partial charge < -0.3 is 4.74 Å². The smallest absolute Gasteiger partial charge is 0.268 e. The summed E-state index contributed by atoms with van der Waals surface area (Å²) in [7, 11) is -2.04. The van der Waals surface area contributed by atoms with Gasteiger partial charge in [-0.1, -0.05) is 48.0 Å². The zero-order valence-electron chi connectivity index (χ0n) is 15.1. The number of fused-ring (bicyclic) bond motifs is 1. The molecule has 5 heteroatoms. The fraction of sp³-hybridized carbons (Fsp3) is 0.0909. The second-order valence-corrected chi connectivity index (χ2v) is 8.22. The Morgan fingerprint density at radius 3 is 2.37 bits per heavy atom. The molecule has 0 bridgehead atoms. The van der Waals surface area contributed by atoms with Crippen molar-refractivity contribution in [2.24, 2.45) is 0 Å². The maximum Gasteiger partial charge on any atom is 0.268 e. The second kappa shape index (κ2) is 6.59. The van der Waals surface area contributed by atoms with Gasteiger partial charge in [0.1, 0.15) is 5.75 Å². The molecule has 1 aromatic heterocycles. The number of methoxy groups -OCH3 is 1. The second-order valence-electron chi connectivity index (χ2n) is 6.40. The summed E-state index contributed by atoms with van der Waals surface area (Å²) < 4.78 is 33.0. The SMILES string of the molecule is COc1ccccc1-c1ccc2ccn(S(=O)(=O)c3ccc(C)cc3)c2c1. The van der Waals surface area contributed by atoms with Crippen molar-refractivity contribution in [3.05, 3.63) is 84.6 Å². The number of ether oxygens (including phenoxy) is 1. The van der Waals surface area contributed by atoms with Crippen LogP contribution < -0.4 is 4.74 Å². The highest BCUT2D eigenvalue weighted by molar-refractivity contribution is 7.90. The molecule has 0 aliphatic rings. The van der Waals surface area contributed by atoms with E-state index in [2.05, 4.69) is 0 Å². The average molecular weight is 377 g/mol. The Hall–Kier alpha value is -3.05. The van der Waals surface area contributed by atoms with Crippen molar-refractivity contribution in [2.75, 3.05) is 7.11 Å². The summed E-state index contributed by atoms with van der Waals surface area (Å²) in [6.45, 7) is 1.93. The van der Waals surface area contributed by atoms with E-state index in [0.717, 1.165) is 27.8 Å². The van der Waals surface area contributed by atoms with E-state index in [-0.39, 0.29) is 4.90 Å². The van der Waals surface area contributed by atoms with E-state index in [1.165, 1.54) is 3.97 Å². The third kappa shape index (κ3) is 3.00. The molecule has 0 atom stereocenters. The van der Waals surface area contributed by atoms with Gasteiger partial charge in [0.15, 0.2) is 0 Å². The normalized spacial score (nSPS) is 11.6. The maximum absolute atomic E-state index is 13.1. The quantitative estimate of drug-likeness (QED) is 0.510. The molecule has 0 aliphatic carbocycles. The number of para-hydroxylation sites is 1. The first-order chi connectivity index (χ1) is 13.0. The van der Waals surface area contributed by atoms with E-state index in [9.17, 15) is 8.42 Å². The Balaban J connectivity index is 1.89. The van der Waals surface area contributed by atoms with Crippen LogP contribution >= 0.6 is 0 Å². The summed E-state index contributed by atoms with van der Waals surface area (Å²) in [6.07, 6.45) is 1.60. The predicted molar refractivity (Wildman–Crippen MR) is 108 cm³/mol. The van der Waals surface area contributed by atoms with Crippen molar-refractivity contribution < 1.29 is 13.2 Å². The van der Waals surface area contributed by atoms with E-state index in [1.54, 1.807) is 37.6 Å². The number of aromatic nitrogens is 1. The summed E-state index contributed by atoms with van der Waals surface area (Å²) >= 11 is 0. The van der Waals surface area contributed by atoms with Crippen molar-refractivity contribution in [1.29, 1.82) is 0 Å². The molecule has 0 saturated carbocycles. The van der Waals surface area contributed by atoms with Crippen LogP contribution in [-0.2, 0) is 10.0 Å². The molecule has 0 fully saturated rings. The van der Waals surface area contributed by atoms with Gasteiger partial charge in [-0.15, -0.1) is 0 Å². The Morgan fingerprint density at radius 2 is 1.63 bits per heavy atom. The Kier molecular flexibility index (Phi) is 4.24. The van der Waals surface area contributed by atoms with E-state index < -0.39 is 10.0 Å². The molecule has 0 radical (unpaired) electrons. The predicted octanol–water partition coefficient (Wildman–Crippen LogP) is 4.86. The van der Waals surface area contributed by atoms with E-state index in [4.69, 9.17) is 4.74 Å². The van der Waals surface area contributed by atoms with Crippen LogP contribution in [0.2, 0.25) is 0 Å². The van der Waals surface area contributed by atoms with Crippen LogP contribution in [0.4, 0.5) is 0 Å². The van der Waals surface area contributed by atoms with Crippen molar-refractivity contribution in [1.82, 2.24) is 3.97 Å². The molecule has 3 aromatic carbocycles. The minimum absolute atomic E-state index is 0.272. The van der Waals surface area contributed by atoms with Crippen molar-refractivity contribution in [2.45, 2.75) is 11.8 Å². The number of rotatable bonds is 4. The summed E-state index contributed by atoms with van der Waals surface area (Å²) in [5.74, 6) is 0.747. The summed E-state index contributed by atoms with van der Waals surface area (Å²) in [5, 5.41) is 0.865. The first-order valence-electron chi connectivity index (χ1n) is 8.57. The molecule has 1 heterocycles. The molecule has 0 saturated heterocycles. The van der Waals surface area contributed by atoms with Gasteiger partial charge in [0.25, 0.3) is 10.0 Å². The van der Waals surface area contributed by atoms with Gasteiger partial charge in [0.05, 0.1) is 17.5 Å². The van der Waals surface area contributed by atoms with Gasteiger partial charge in [-0.25, -0.2) is 12.4 Å². The van der Waals surface area contributed by atoms with Crippen molar-refractivity contribution in [3.63, 3.8) is 0 Å². The number of hydrogen-bond donors (Lipinski definition) is 0. The van der Waals surface area contributed by atoms with Crippen molar-refractivity contribution >= 4 is 20.9 Å². The summed E-state index contributed by atoms with van der Waals surface area (Å²) in [4.78, 5) is 0.272. The third-order valence-corrected chi connectivity index (χ3v) is 6.36. The Labute approximate surface area is 158 Å². The molecule has 0 spiro atoms. The molecule has 4 aromatic rings. The molecular weight excluding hydrogens is 358 g/mol. The third-order valence-electron chi connectivity index (χ3n) is 4.65. The minimum Gasteiger partial charge on any atom is -0.496 e. The van der Waals surface area contributed by atoms with Crippen LogP contribution in [-0.4, -0.2) is 19.5 Å². The first-order valence-corrected chi connectivity index (χ1v) is 10.0. The van der Waals surface area contributed by atoms with Gasteiger partial charge in [0, 0.05) is 17.1 Å². The highest BCUT2D eigenvalue weighted by Gasteiger charge is 2.19. The number of benzene rings is 3. The molecule has 0 N–H and O–H groups in total. The monoisotopic (exact) mass is 377 g/mol. The molecule has 0 unspecified atom stereocenters. The van der Waals surface area contributed by atoms with Gasteiger partial charge in [0.2, 0.25) is 0 Å². The molecule has 0 amide bonds. The van der Waals surface area contributed by atoms with Gasteiger partial charge in [-0.2, -0.15) is 0 Å². The van der Waals surface area contributed by atoms with E-state index >= 15 is 0 Å². The number of hydrogen-bond acceptors (Lipinski definition) is 3. The summed E-state index contributed by atoms with van der Waals surface area (Å²) in [6, 6.07) is 22.2. The van der Waals surface area contributed by atoms with Crippen molar-refractivity contribution in [3.8, 4) is 16.9 Å². The van der Waals surface area contributed by atoms with Crippen LogP contribution in [0.15, 0.2) is 83.9 Å². The highest BCUT2D eigenvalue weighted by atomic mass is 32.2. The van der Waals surface area contributed by atoms with Gasteiger partial charge >= 0.3 is 0 Å². The Bertz CT molecular complexity index is 1220. The molecule has 136 valence electrons. The van der Waals surface area contributed by atoms with Crippen LogP contribution in [0.5, 0.6) is 5.75 Å². The molecule has 4 nitrogen and oxygen atoms in total. The Morgan fingerprint density at radius 1 is 0.889 bits per heavy atom. The first kappa shape index (κ1) is 17.4. The lowest BCUT2D eigenvalue weighted by atomic mass is 10.0. The van der Waals surface area contributed by atoms with E-state index in [0.29, 0.717) is 5.52 Å².